The number of aliphatic hydroxyl groups is 2. The van der Waals surface area contributed by atoms with Gasteiger partial charge in [-0.25, -0.2) is 0 Å². The SMILES string of the molecule is CCC(C)NC(=O)C[C@@H](O)C[C@H](O)COC. The van der Waals surface area contributed by atoms with E-state index in [-0.39, 0.29) is 31.4 Å². The van der Waals surface area contributed by atoms with Crippen molar-refractivity contribution in [3.63, 3.8) is 0 Å². The molecule has 5 heteroatoms. The van der Waals surface area contributed by atoms with Crippen LogP contribution in [0.5, 0.6) is 0 Å². The number of nitrogens with one attached hydrogen (secondary N) is 1. The largest absolute Gasteiger partial charge is 0.392 e. The van der Waals surface area contributed by atoms with Gasteiger partial charge >= 0.3 is 0 Å². The fourth-order valence-electron chi connectivity index (χ4n) is 1.31. The van der Waals surface area contributed by atoms with Crippen LogP contribution >= 0.6 is 0 Å². The van der Waals surface area contributed by atoms with Gasteiger partial charge in [-0.2, -0.15) is 0 Å². The molecule has 0 radical (unpaired) electrons. The summed E-state index contributed by atoms with van der Waals surface area (Å²) in [6, 6.07) is 0.114. The predicted octanol–water partition coefficient (Wildman–Crippen LogP) is 0.0495. The number of carbonyl (C=O) groups excluding carboxylic acids is 1. The number of ether oxygens (including phenoxy) is 1. The molecule has 0 bridgehead atoms. The smallest absolute Gasteiger partial charge is 0.222 e. The van der Waals surface area contributed by atoms with E-state index in [0.717, 1.165) is 6.42 Å². The van der Waals surface area contributed by atoms with Crippen molar-refractivity contribution in [3.8, 4) is 0 Å². The van der Waals surface area contributed by atoms with Crippen LogP contribution in [-0.2, 0) is 9.53 Å². The summed E-state index contributed by atoms with van der Waals surface area (Å²) in [5, 5.41) is 21.6. The minimum atomic E-state index is -0.825. The Morgan fingerprint density at radius 2 is 2.00 bits per heavy atom. The van der Waals surface area contributed by atoms with Crippen molar-refractivity contribution in [1.82, 2.24) is 5.32 Å². The number of rotatable bonds is 8. The molecule has 16 heavy (non-hydrogen) atoms. The van der Waals surface area contributed by atoms with E-state index >= 15 is 0 Å². The molecular weight excluding hydrogens is 210 g/mol. The van der Waals surface area contributed by atoms with Gasteiger partial charge in [0, 0.05) is 19.6 Å². The van der Waals surface area contributed by atoms with Gasteiger partial charge in [-0.3, -0.25) is 4.79 Å². The standard InChI is InChI=1S/C11H23NO4/c1-4-8(2)12-11(15)6-9(13)5-10(14)7-16-3/h8-10,13-14H,4-7H2,1-3H3,(H,12,15)/t8?,9-,10-/m0/s1. The topological polar surface area (TPSA) is 78.8 Å². The molecule has 0 saturated heterocycles. The van der Waals surface area contributed by atoms with E-state index in [2.05, 4.69) is 5.32 Å². The van der Waals surface area contributed by atoms with Crippen LogP contribution in [-0.4, -0.2) is 48.1 Å². The Morgan fingerprint density at radius 3 is 2.50 bits per heavy atom. The molecular formula is C11H23NO4. The van der Waals surface area contributed by atoms with E-state index in [1.54, 1.807) is 0 Å². The van der Waals surface area contributed by atoms with E-state index in [1.165, 1.54) is 7.11 Å². The maximum Gasteiger partial charge on any atom is 0.222 e. The van der Waals surface area contributed by atoms with Crippen LogP contribution in [0, 0.1) is 0 Å². The second-order valence-electron chi connectivity index (χ2n) is 4.08. The Hall–Kier alpha value is -0.650. The van der Waals surface area contributed by atoms with Gasteiger partial charge in [-0.05, 0) is 13.3 Å². The van der Waals surface area contributed by atoms with Gasteiger partial charge in [0.2, 0.25) is 5.91 Å². The number of methoxy groups -OCH3 is 1. The minimum absolute atomic E-state index is 0.0190. The first-order valence-corrected chi connectivity index (χ1v) is 5.64. The first-order valence-electron chi connectivity index (χ1n) is 5.64. The van der Waals surface area contributed by atoms with Crippen LogP contribution in [0.4, 0.5) is 0 Å². The van der Waals surface area contributed by atoms with Crippen molar-refractivity contribution in [1.29, 1.82) is 0 Å². The average molecular weight is 233 g/mol. The van der Waals surface area contributed by atoms with Crippen molar-refractivity contribution < 1.29 is 19.7 Å². The molecule has 96 valence electrons. The predicted molar refractivity (Wildman–Crippen MR) is 61.0 cm³/mol. The Bertz CT molecular complexity index is 198. The highest BCUT2D eigenvalue weighted by atomic mass is 16.5. The van der Waals surface area contributed by atoms with Gasteiger partial charge in [0.1, 0.15) is 0 Å². The molecule has 0 aromatic heterocycles. The molecule has 0 fully saturated rings. The lowest BCUT2D eigenvalue weighted by molar-refractivity contribution is -0.124. The molecule has 0 saturated carbocycles. The zero-order chi connectivity index (χ0) is 12.6. The maximum absolute atomic E-state index is 11.4. The quantitative estimate of drug-likeness (QED) is 0.553. The fraction of sp³-hybridized carbons (Fsp3) is 0.909. The maximum atomic E-state index is 11.4. The fourth-order valence-corrected chi connectivity index (χ4v) is 1.31. The number of aliphatic hydroxyl groups excluding tert-OH is 2. The highest BCUT2D eigenvalue weighted by molar-refractivity contribution is 5.76. The zero-order valence-electron chi connectivity index (χ0n) is 10.3. The highest BCUT2D eigenvalue weighted by Crippen LogP contribution is 2.03. The molecule has 0 aliphatic carbocycles. The summed E-state index contributed by atoms with van der Waals surface area (Å²) in [4.78, 5) is 11.4. The van der Waals surface area contributed by atoms with Gasteiger partial charge in [0.05, 0.1) is 25.2 Å². The number of carbonyl (C=O) groups is 1. The first kappa shape index (κ1) is 15.3. The molecule has 0 rings (SSSR count). The summed E-state index contributed by atoms with van der Waals surface area (Å²) in [5.41, 5.74) is 0. The van der Waals surface area contributed by atoms with Crippen LogP contribution in [0.25, 0.3) is 0 Å². The van der Waals surface area contributed by atoms with Gasteiger partial charge in [0.25, 0.3) is 0 Å². The lowest BCUT2D eigenvalue weighted by atomic mass is 10.1. The summed E-state index contributed by atoms with van der Waals surface area (Å²) in [6.07, 6.45) is -0.522. The minimum Gasteiger partial charge on any atom is -0.392 e. The third kappa shape index (κ3) is 7.62. The molecule has 0 heterocycles. The summed E-state index contributed by atoms with van der Waals surface area (Å²) < 4.78 is 4.73. The molecule has 0 aliphatic rings. The molecule has 3 N–H and O–H groups in total. The van der Waals surface area contributed by atoms with Gasteiger partial charge in [-0.15, -0.1) is 0 Å². The molecule has 0 aromatic carbocycles. The first-order chi connectivity index (χ1) is 7.49. The van der Waals surface area contributed by atoms with Crippen LogP contribution in [0.2, 0.25) is 0 Å². The summed E-state index contributed by atoms with van der Waals surface area (Å²) in [7, 11) is 1.48. The van der Waals surface area contributed by atoms with E-state index in [9.17, 15) is 15.0 Å². The van der Waals surface area contributed by atoms with E-state index in [1.807, 2.05) is 13.8 Å². The normalized spacial score (nSPS) is 16.6. The third-order valence-electron chi connectivity index (χ3n) is 2.34. The Labute approximate surface area is 96.8 Å². The number of hydrogen-bond donors (Lipinski definition) is 3. The molecule has 1 unspecified atom stereocenters. The van der Waals surface area contributed by atoms with Crippen molar-refractivity contribution in [3.05, 3.63) is 0 Å². The summed E-state index contributed by atoms with van der Waals surface area (Å²) >= 11 is 0. The van der Waals surface area contributed by atoms with Crippen molar-refractivity contribution >= 4 is 5.91 Å². The van der Waals surface area contributed by atoms with Crippen molar-refractivity contribution in [2.75, 3.05) is 13.7 Å². The van der Waals surface area contributed by atoms with Crippen molar-refractivity contribution in [2.45, 2.75) is 51.4 Å². The highest BCUT2D eigenvalue weighted by Gasteiger charge is 2.16. The van der Waals surface area contributed by atoms with Crippen molar-refractivity contribution in [2.24, 2.45) is 0 Å². The second kappa shape index (κ2) is 8.50. The van der Waals surface area contributed by atoms with Crippen LogP contribution in [0.3, 0.4) is 0 Å². The monoisotopic (exact) mass is 233 g/mol. The van der Waals surface area contributed by atoms with Gasteiger partial charge in [0.15, 0.2) is 0 Å². The van der Waals surface area contributed by atoms with Gasteiger partial charge < -0.3 is 20.3 Å². The zero-order valence-corrected chi connectivity index (χ0v) is 10.3. The van der Waals surface area contributed by atoms with Crippen LogP contribution in [0.1, 0.15) is 33.1 Å². The number of hydrogen-bond acceptors (Lipinski definition) is 4. The Morgan fingerprint density at radius 1 is 1.38 bits per heavy atom. The Balaban J connectivity index is 3.77. The van der Waals surface area contributed by atoms with E-state index in [4.69, 9.17) is 4.74 Å². The second-order valence-corrected chi connectivity index (χ2v) is 4.08. The van der Waals surface area contributed by atoms with E-state index < -0.39 is 12.2 Å². The molecule has 3 atom stereocenters. The lowest BCUT2D eigenvalue weighted by Gasteiger charge is -2.16. The molecule has 0 spiro atoms. The van der Waals surface area contributed by atoms with E-state index in [0.29, 0.717) is 0 Å². The molecule has 1 amide bonds. The van der Waals surface area contributed by atoms with Gasteiger partial charge in [-0.1, -0.05) is 6.92 Å². The summed E-state index contributed by atoms with van der Waals surface area (Å²) in [6.45, 7) is 4.05. The average Bonchev–Trinajstić information content (AvgIpc) is 2.16. The van der Waals surface area contributed by atoms with Crippen LogP contribution in [0.15, 0.2) is 0 Å². The summed E-state index contributed by atoms with van der Waals surface area (Å²) in [5.74, 6) is -0.188. The lowest BCUT2D eigenvalue weighted by Crippen LogP contribution is -2.35. The molecule has 0 aromatic rings. The molecule has 0 aliphatic heterocycles. The third-order valence-corrected chi connectivity index (χ3v) is 2.34. The molecule has 5 nitrogen and oxygen atoms in total. The Kier molecular flexibility index (Phi) is 8.15. The number of amides is 1. The van der Waals surface area contributed by atoms with Crippen LogP contribution < -0.4 is 5.32 Å².